The molecule has 0 N–H and O–H groups in total. The predicted octanol–water partition coefficient (Wildman–Crippen LogP) is 4.56. The average Bonchev–Trinajstić information content (AvgIpc) is 2.72. The van der Waals surface area contributed by atoms with Crippen molar-refractivity contribution in [3.05, 3.63) is 35.0 Å². The number of rotatable bonds is 3. The first-order chi connectivity index (χ1) is 8.00. The molecule has 1 aromatic heterocycles. The van der Waals surface area contributed by atoms with Crippen molar-refractivity contribution in [2.45, 2.75) is 20.8 Å². The molecule has 0 amide bonds. The highest BCUT2D eigenvalue weighted by Gasteiger charge is 2.22. The van der Waals surface area contributed by atoms with E-state index in [4.69, 9.17) is 16.0 Å². The molecule has 90 valence electrons. The highest BCUT2D eigenvalue weighted by Crippen LogP contribution is 2.28. The molecule has 0 aliphatic carbocycles. The van der Waals surface area contributed by atoms with Gasteiger partial charge in [-0.1, -0.05) is 44.5 Å². The second-order valence-corrected chi connectivity index (χ2v) is 5.07. The third-order valence-electron chi connectivity index (χ3n) is 3.15. The summed E-state index contributed by atoms with van der Waals surface area (Å²) in [7, 11) is 0. The van der Waals surface area contributed by atoms with E-state index in [1.807, 2.05) is 32.9 Å². The Hall–Kier alpha value is -1.28. The molecule has 0 fully saturated rings. The highest BCUT2D eigenvalue weighted by molar-refractivity contribution is 6.34. The van der Waals surface area contributed by atoms with Crippen molar-refractivity contribution < 1.29 is 9.21 Å². The van der Waals surface area contributed by atoms with Gasteiger partial charge in [0, 0.05) is 11.3 Å². The average molecular weight is 251 g/mol. The van der Waals surface area contributed by atoms with Crippen LogP contribution in [0.5, 0.6) is 0 Å². The Morgan fingerprint density at radius 2 is 2.00 bits per heavy atom. The van der Waals surface area contributed by atoms with E-state index < -0.39 is 0 Å². The lowest BCUT2D eigenvalue weighted by Crippen LogP contribution is -2.16. The molecule has 0 saturated carbocycles. The van der Waals surface area contributed by atoms with E-state index in [-0.39, 0.29) is 11.7 Å². The summed E-state index contributed by atoms with van der Waals surface area (Å²) in [5.74, 6) is 0.682. The minimum atomic E-state index is -0.0469. The Balaban J connectivity index is 2.44. The summed E-state index contributed by atoms with van der Waals surface area (Å²) in [5.41, 5.74) is 0.591. The molecular weight excluding hydrogens is 236 g/mol. The van der Waals surface area contributed by atoms with Crippen LogP contribution in [0.25, 0.3) is 11.0 Å². The molecule has 0 aliphatic heterocycles. The van der Waals surface area contributed by atoms with Crippen LogP contribution in [0.3, 0.4) is 0 Å². The Morgan fingerprint density at radius 3 is 2.59 bits per heavy atom. The Labute approximate surface area is 106 Å². The maximum Gasteiger partial charge on any atom is 0.201 e. The lowest BCUT2D eigenvalue weighted by atomic mass is 9.92. The number of hydrogen-bond donors (Lipinski definition) is 0. The molecule has 1 unspecified atom stereocenters. The van der Waals surface area contributed by atoms with Crippen LogP contribution in [-0.4, -0.2) is 5.78 Å². The van der Waals surface area contributed by atoms with Gasteiger partial charge in [-0.15, -0.1) is 0 Å². The van der Waals surface area contributed by atoms with Gasteiger partial charge in [-0.3, -0.25) is 4.79 Å². The van der Waals surface area contributed by atoms with Crippen LogP contribution in [-0.2, 0) is 0 Å². The van der Waals surface area contributed by atoms with E-state index in [1.54, 1.807) is 12.1 Å². The van der Waals surface area contributed by atoms with Crippen molar-refractivity contribution >= 4 is 28.4 Å². The number of carbonyl (C=O) groups is 1. The molecule has 2 aromatic rings. The molecule has 0 bridgehead atoms. The third-order valence-corrected chi connectivity index (χ3v) is 3.45. The number of fused-ring (bicyclic) bond motifs is 1. The van der Waals surface area contributed by atoms with E-state index >= 15 is 0 Å². The quantitative estimate of drug-likeness (QED) is 0.748. The molecule has 0 saturated heterocycles. The zero-order chi connectivity index (χ0) is 12.6. The number of para-hydroxylation sites is 1. The summed E-state index contributed by atoms with van der Waals surface area (Å²) in [6.45, 7) is 5.97. The van der Waals surface area contributed by atoms with Gasteiger partial charge < -0.3 is 4.42 Å². The van der Waals surface area contributed by atoms with Crippen molar-refractivity contribution in [1.82, 2.24) is 0 Å². The summed E-state index contributed by atoms with van der Waals surface area (Å²) >= 11 is 6.01. The van der Waals surface area contributed by atoms with E-state index in [1.165, 1.54) is 0 Å². The van der Waals surface area contributed by atoms with Crippen LogP contribution < -0.4 is 0 Å². The molecule has 0 radical (unpaired) electrons. The topological polar surface area (TPSA) is 30.2 Å². The smallest absolute Gasteiger partial charge is 0.201 e. The monoisotopic (exact) mass is 250 g/mol. The largest absolute Gasteiger partial charge is 0.451 e. The number of hydrogen-bond acceptors (Lipinski definition) is 2. The number of carbonyl (C=O) groups excluding carboxylic acids is 1. The first-order valence-electron chi connectivity index (χ1n) is 5.73. The second-order valence-electron chi connectivity index (χ2n) is 4.67. The maximum absolute atomic E-state index is 12.1. The van der Waals surface area contributed by atoms with Gasteiger partial charge in [0.15, 0.2) is 11.3 Å². The molecular formula is C14H15ClO2. The van der Waals surface area contributed by atoms with Crippen molar-refractivity contribution in [2.24, 2.45) is 11.8 Å². The molecule has 2 rings (SSSR count). The van der Waals surface area contributed by atoms with Gasteiger partial charge in [-0.05, 0) is 18.1 Å². The van der Waals surface area contributed by atoms with Crippen LogP contribution in [0.1, 0.15) is 31.3 Å². The summed E-state index contributed by atoms with van der Waals surface area (Å²) in [6, 6.07) is 7.26. The van der Waals surface area contributed by atoms with Gasteiger partial charge in [0.2, 0.25) is 5.78 Å². The van der Waals surface area contributed by atoms with Crippen LogP contribution in [0.4, 0.5) is 0 Å². The second kappa shape index (κ2) is 4.53. The van der Waals surface area contributed by atoms with Crippen LogP contribution in [0.15, 0.2) is 28.7 Å². The standard InChI is InChI=1S/C14H15ClO2/c1-8(2)9(3)13(16)12-7-10-5-4-6-11(15)14(10)17-12/h4-9H,1-3H3. The Kier molecular flexibility index (Phi) is 3.25. The first-order valence-corrected chi connectivity index (χ1v) is 6.10. The van der Waals surface area contributed by atoms with E-state index in [0.717, 1.165) is 5.39 Å². The zero-order valence-corrected chi connectivity index (χ0v) is 10.9. The van der Waals surface area contributed by atoms with E-state index in [9.17, 15) is 4.79 Å². The highest BCUT2D eigenvalue weighted by atomic mass is 35.5. The fourth-order valence-electron chi connectivity index (χ4n) is 1.68. The van der Waals surface area contributed by atoms with Gasteiger partial charge in [-0.25, -0.2) is 0 Å². The number of Topliss-reactive ketones (excluding diaryl/α,β-unsaturated/α-hetero) is 1. The van der Waals surface area contributed by atoms with E-state index in [2.05, 4.69) is 0 Å². The fraction of sp³-hybridized carbons (Fsp3) is 0.357. The minimum Gasteiger partial charge on any atom is -0.451 e. The molecule has 0 aliphatic rings. The zero-order valence-electron chi connectivity index (χ0n) is 10.2. The van der Waals surface area contributed by atoms with Crippen LogP contribution >= 0.6 is 11.6 Å². The SMILES string of the molecule is CC(C)C(C)C(=O)c1cc2cccc(Cl)c2o1. The summed E-state index contributed by atoms with van der Waals surface area (Å²) in [6.07, 6.45) is 0. The first kappa shape index (κ1) is 12.2. The number of halogens is 1. The molecule has 17 heavy (non-hydrogen) atoms. The molecule has 3 heteroatoms. The van der Waals surface area contributed by atoms with Crippen LogP contribution in [0, 0.1) is 11.8 Å². The molecule has 1 heterocycles. The van der Waals surface area contributed by atoms with Gasteiger partial charge in [0.1, 0.15) is 0 Å². The lowest BCUT2D eigenvalue weighted by Gasteiger charge is -2.11. The number of furan rings is 1. The summed E-state index contributed by atoms with van der Waals surface area (Å²) < 4.78 is 5.55. The lowest BCUT2D eigenvalue weighted by molar-refractivity contribution is 0.0873. The third kappa shape index (κ3) is 2.22. The maximum atomic E-state index is 12.1. The molecule has 1 atom stereocenters. The van der Waals surface area contributed by atoms with E-state index in [0.29, 0.717) is 22.3 Å². The van der Waals surface area contributed by atoms with Crippen molar-refractivity contribution in [3.8, 4) is 0 Å². The van der Waals surface area contributed by atoms with Crippen molar-refractivity contribution in [2.75, 3.05) is 0 Å². The Bertz CT molecular complexity index is 554. The normalized spacial score (nSPS) is 13.2. The van der Waals surface area contributed by atoms with Gasteiger partial charge in [0.05, 0.1) is 5.02 Å². The number of ketones is 1. The van der Waals surface area contributed by atoms with Crippen LogP contribution in [0.2, 0.25) is 5.02 Å². The Morgan fingerprint density at radius 1 is 1.29 bits per heavy atom. The van der Waals surface area contributed by atoms with Crippen molar-refractivity contribution in [3.63, 3.8) is 0 Å². The summed E-state index contributed by atoms with van der Waals surface area (Å²) in [4.78, 5) is 12.1. The minimum absolute atomic E-state index is 0.0345. The van der Waals surface area contributed by atoms with Gasteiger partial charge in [-0.2, -0.15) is 0 Å². The van der Waals surface area contributed by atoms with Crippen molar-refractivity contribution in [1.29, 1.82) is 0 Å². The number of benzene rings is 1. The molecule has 1 aromatic carbocycles. The van der Waals surface area contributed by atoms with Gasteiger partial charge >= 0.3 is 0 Å². The fourth-order valence-corrected chi connectivity index (χ4v) is 1.90. The molecule has 0 spiro atoms. The van der Waals surface area contributed by atoms with Gasteiger partial charge in [0.25, 0.3) is 0 Å². The summed E-state index contributed by atoms with van der Waals surface area (Å²) in [5, 5.41) is 1.41. The predicted molar refractivity (Wildman–Crippen MR) is 69.6 cm³/mol. The molecule has 2 nitrogen and oxygen atoms in total.